The number of nitrogen functional groups attached to an aromatic ring is 1. The minimum atomic E-state index is -4.45. The standard InChI is InChI=1S/C14H11ClF3N5O/c1-24-10-4-8(14(16,17)18)3-2-7(10)6-23-12-9(5-20-23)11(15)21-13(19)22-12/h2-5H,6H2,1H3,(H2,19,21,22). The van der Waals surface area contributed by atoms with Crippen molar-refractivity contribution in [3.8, 4) is 5.75 Å². The quantitative estimate of drug-likeness (QED) is 0.728. The van der Waals surface area contributed by atoms with E-state index in [4.69, 9.17) is 22.1 Å². The molecule has 0 radical (unpaired) electrons. The highest BCUT2D eigenvalue weighted by Crippen LogP contribution is 2.33. The lowest BCUT2D eigenvalue weighted by atomic mass is 10.1. The first-order valence-electron chi connectivity index (χ1n) is 6.68. The molecule has 0 aliphatic rings. The number of hydrogen-bond acceptors (Lipinski definition) is 5. The summed E-state index contributed by atoms with van der Waals surface area (Å²) in [6, 6.07) is 3.26. The molecule has 0 unspecified atom stereocenters. The fourth-order valence-electron chi connectivity index (χ4n) is 2.27. The summed E-state index contributed by atoms with van der Waals surface area (Å²) in [5.41, 5.74) is 5.67. The van der Waals surface area contributed by atoms with Crippen molar-refractivity contribution < 1.29 is 17.9 Å². The molecule has 10 heteroatoms. The van der Waals surface area contributed by atoms with E-state index in [9.17, 15) is 13.2 Å². The van der Waals surface area contributed by atoms with Crippen LogP contribution in [0.4, 0.5) is 19.1 Å². The van der Waals surface area contributed by atoms with E-state index in [1.165, 1.54) is 24.1 Å². The Morgan fingerprint density at radius 3 is 2.71 bits per heavy atom. The zero-order valence-electron chi connectivity index (χ0n) is 12.3. The molecule has 3 rings (SSSR count). The van der Waals surface area contributed by atoms with Crippen molar-refractivity contribution in [2.75, 3.05) is 12.8 Å². The van der Waals surface area contributed by atoms with Gasteiger partial charge in [-0.1, -0.05) is 17.7 Å². The van der Waals surface area contributed by atoms with E-state index in [1.54, 1.807) is 0 Å². The van der Waals surface area contributed by atoms with Gasteiger partial charge in [0.2, 0.25) is 5.95 Å². The Bertz CT molecular complexity index is 909. The number of anilines is 1. The van der Waals surface area contributed by atoms with E-state index in [0.29, 0.717) is 16.6 Å². The number of methoxy groups -OCH3 is 1. The second-order valence-electron chi connectivity index (χ2n) is 4.94. The summed E-state index contributed by atoms with van der Waals surface area (Å²) in [5, 5.41) is 4.79. The van der Waals surface area contributed by atoms with E-state index >= 15 is 0 Å². The lowest BCUT2D eigenvalue weighted by Gasteiger charge is -2.13. The highest BCUT2D eigenvalue weighted by atomic mass is 35.5. The van der Waals surface area contributed by atoms with Gasteiger partial charge in [0.25, 0.3) is 0 Å². The molecule has 0 aliphatic carbocycles. The van der Waals surface area contributed by atoms with E-state index in [0.717, 1.165) is 12.1 Å². The first-order chi connectivity index (χ1) is 11.3. The second kappa shape index (κ2) is 5.82. The first-order valence-corrected chi connectivity index (χ1v) is 7.06. The number of hydrogen-bond donors (Lipinski definition) is 1. The lowest BCUT2D eigenvalue weighted by molar-refractivity contribution is -0.137. The van der Waals surface area contributed by atoms with Crippen molar-refractivity contribution >= 4 is 28.6 Å². The van der Waals surface area contributed by atoms with Gasteiger partial charge in [0, 0.05) is 5.56 Å². The zero-order chi connectivity index (χ0) is 17.5. The number of ether oxygens (including phenoxy) is 1. The molecule has 0 aliphatic heterocycles. The molecule has 2 aromatic heterocycles. The van der Waals surface area contributed by atoms with Crippen LogP contribution in [0.3, 0.4) is 0 Å². The number of alkyl halides is 3. The molecule has 0 amide bonds. The summed E-state index contributed by atoms with van der Waals surface area (Å²) in [6.07, 6.45) is -2.98. The van der Waals surface area contributed by atoms with Gasteiger partial charge in [0.05, 0.1) is 30.8 Å². The Hall–Kier alpha value is -2.55. The first kappa shape index (κ1) is 16.3. The highest BCUT2D eigenvalue weighted by molar-refractivity contribution is 6.34. The van der Waals surface area contributed by atoms with E-state index < -0.39 is 11.7 Å². The minimum Gasteiger partial charge on any atom is -0.496 e. The Labute approximate surface area is 139 Å². The maximum atomic E-state index is 12.8. The molecule has 24 heavy (non-hydrogen) atoms. The highest BCUT2D eigenvalue weighted by Gasteiger charge is 2.31. The number of nitrogens with zero attached hydrogens (tertiary/aromatic N) is 4. The van der Waals surface area contributed by atoms with Crippen molar-refractivity contribution in [1.82, 2.24) is 19.7 Å². The monoisotopic (exact) mass is 357 g/mol. The number of halogens is 4. The van der Waals surface area contributed by atoms with Gasteiger partial charge in [-0.25, -0.2) is 9.67 Å². The predicted molar refractivity (Wildman–Crippen MR) is 81.8 cm³/mol. The third kappa shape index (κ3) is 2.94. The Morgan fingerprint density at radius 2 is 2.04 bits per heavy atom. The molecule has 0 bridgehead atoms. The maximum Gasteiger partial charge on any atom is 0.416 e. The molecule has 1 aromatic carbocycles. The average molecular weight is 358 g/mol. The van der Waals surface area contributed by atoms with Gasteiger partial charge in [-0.2, -0.15) is 23.3 Å². The van der Waals surface area contributed by atoms with Gasteiger partial charge in [0.1, 0.15) is 10.9 Å². The van der Waals surface area contributed by atoms with Gasteiger partial charge < -0.3 is 10.5 Å². The van der Waals surface area contributed by atoms with E-state index in [1.807, 2.05) is 0 Å². The summed E-state index contributed by atoms with van der Waals surface area (Å²) in [6.45, 7) is 0.137. The molecule has 0 spiro atoms. The molecule has 0 fully saturated rings. The molecular formula is C14H11ClF3N5O. The van der Waals surface area contributed by atoms with Crippen LogP contribution in [0, 0.1) is 0 Å². The smallest absolute Gasteiger partial charge is 0.416 e. The van der Waals surface area contributed by atoms with Crippen molar-refractivity contribution in [2.45, 2.75) is 12.7 Å². The predicted octanol–water partition coefficient (Wildman–Crippen LogP) is 3.14. The summed E-state index contributed by atoms with van der Waals surface area (Å²) in [4.78, 5) is 7.89. The van der Waals surface area contributed by atoms with Gasteiger partial charge in [-0.15, -0.1) is 0 Å². The van der Waals surface area contributed by atoms with Crippen molar-refractivity contribution in [2.24, 2.45) is 0 Å². The molecular weight excluding hydrogens is 347 g/mol. The van der Waals surface area contributed by atoms with Crippen molar-refractivity contribution in [1.29, 1.82) is 0 Å². The van der Waals surface area contributed by atoms with E-state index in [2.05, 4.69) is 15.1 Å². The topological polar surface area (TPSA) is 78.8 Å². The zero-order valence-corrected chi connectivity index (χ0v) is 13.1. The third-order valence-electron chi connectivity index (χ3n) is 3.40. The fraction of sp³-hybridized carbons (Fsp3) is 0.214. The summed E-state index contributed by atoms with van der Waals surface area (Å²) in [7, 11) is 1.30. The molecule has 2 N–H and O–H groups in total. The van der Waals surface area contributed by atoms with Gasteiger partial charge in [0.15, 0.2) is 5.65 Å². The van der Waals surface area contributed by atoms with Crippen LogP contribution < -0.4 is 10.5 Å². The minimum absolute atomic E-state index is 0.0198. The SMILES string of the molecule is COc1cc(C(F)(F)F)ccc1Cn1ncc2c(Cl)nc(N)nc21. The summed E-state index contributed by atoms with van der Waals surface area (Å²) >= 11 is 5.97. The molecule has 0 saturated heterocycles. The average Bonchev–Trinajstić information content (AvgIpc) is 2.90. The van der Waals surface area contributed by atoms with Crippen molar-refractivity contribution in [3.63, 3.8) is 0 Å². The van der Waals surface area contributed by atoms with Crippen LogP contribution in [-0.2, 0) is 12.7 Å². The van der Waals surface area contributed by atoms with Crippen molar-refractivity contribution in [3.05, 3.63) is 40.7 Å². The van der Waals surface area contributed by atoms with Gasteiger partial charge in [-0.3, -0.25) is 0 Å². The van der Waals surface area contributed by atoms with Gasteiger partial charge >= 0.3 is 6.18 Å². The molecule has 0 atom stereocenters. The van der Waals surface area contributed by atoms with E-state index in [-0.39, 0.29) is 23.4 Å². The fourth-order valence-corrected chi connectivity index (χ4v) is 2.49. The van der Waals surface area contributed by atoms with Crippen LogP contribution in [0.1, 0.15) is 11.1 Å². The Kier molecular flexibility index (Phi) is 3.96. The third-order valence-corrected chi connectivity index (χ3v) is 3.69. The van der Waals surface area contributed by atoms with Crippen LogP contribution in [-0.4, -0.2) is 26.9 Å². The Balaban J connectivity index is 2.03. The van der Waals surface area contributed by atoms with Crippen LogP contribution in [0.15, 0.2) is 24.4 Å². The normalized spacial score (nSPS) is 11.9. The van der Waals surface area contributed by atoms with Crippen LogP contribution >= 0.6 is 11.6 Å². The second-order valence-corrected chi connectivity index (χ2v) is 5.29. The molecule has 126 valence electrons. The van der Waals surface area contributed by atoms with Crippen LogP contribution in [0.2, 0.25) is 5.15 Å². The van der Waals surface area contributed by atoms with Gasteiger partial charge in [-0.05, 0) is 12.1 Å². The molecule has 2 heterocycles. The number of rotatable bonds is 3. The summed E-state index contributed by atoms with van der Waals surface area (Å²) in [5.74, 6) is 0.0789. The number of benzene rings is 1. The maximum absolute atomic E-state index is 12.8. The van der Waals surface area contributed by atoms with Crippen LogP contribution in [0.25, 0.3) is 11.0 Å². The Morgan fingerprint density at radius 1 is 1.29 bits per heavy atom. The lowest BCUT2D eigenvalue weighted by Crippen LogP contribution is -2.09. The summed E-state index contributed by atoms with van der Waals surface area (Å²) < 4.78 is 44.9. The number of fused-ring (bicyclic) bond motifs is 1. The largest absolute Gasteiger partial charge is 0.496 e. The number of aromatic nitrogens is 4. The number of nitrogens with two attached hydrogens (primary N) is 1. The molecule has 0 saturated carbocycles. The molecule has 6 nitrogen and oxygen atoms in total. The van der Waals surface area contributed by atoms with Crippen LogP contribution in [0.5, 0.6) is 5.75 Å². The molecule has 3 aromatic rings.